The molecule has 1 heterocycles. The maximum Gasteiger partial charge on any atom is 0.226 e. The molecule has 0 bridgehead atoms. The maximum absolute atomic E-state index is 13.2. The molecule has 0 saturated heterocycles. The van der Waals surface area contributed by atoms with Gasteiger partial charge in [-0.2, -0.15) is 0 Å². The number of nitrogens with zero attached hydrogens (tertiary/aromatic N) is 1. The molecule has 3 N–H and O–H groups in total. The summed E-state index contributed by atoms with van der Waals surface area (Å²) in [6.07, 6.45) is 0.399. The molecule has 1 aromatic carbocycles. The zero-order valence-electron chi connectivity index (χ0n) is 8.87. The minimum atomic E-state index is -0.308. The van der Waals surface area contributed by atoms with E-state index >= 15 is 0 Å². The number of nitrogens with one attached hydrogen (secondary N) is 1. The molecule has 0 atom stereocenters. The fourth-order valence-corrected chi connectivity index (χ4v) is 1.83. The van der Waals surface area contributed by atoms with E-state index in [2.05, 4.69) is 5.32 Å². The van der Waals surface area contributed by atoms with Crippen LogP contribution in [0, 0.1) is 5.82 Å². The molecule has 16 heavy (non-hydrogen) atoms. The second-order valence-corrected chi connectivity index (χ2v) is 3.74. The minimum Gasteiger partial charge on any atom is -0.368 e. The van der Waals surface area contributed by atoms with Gasteiger partial charge in [0.1, 0.15) is 5.82 Å². The first-order valence-corrected chi connectivity index (χ1v) is 5.25. The average molecular weight is 223 g/mol. The van der Waals surface area contributed by atoms with Crippen molar-refractivity contribution in [3.63, 3.8) is 0 Å². The molecule has 1 aromatic rings. The Morgan fingerprint density at radius 2 is 2.31 bits per heavy atom. The highest BCUT2D eigenvalue weighted by Crippen LogP contribution is 2.29. The lowest BCUT2D eigenvalue weighted by molar-refractivity contribution is -0.115. The van der Waals surface area contributed by atoms with Crippen LogP contribution >= 0.6 is 0 Å². The zero-order chi connectivity index (χ0) is 11.5. The van der Waals surface area contributed by atoms with Gasteiger partial charge in [0.2, 0.25) is 5.91 Å². The molecule has 86 valence electrons. The molecule has 1 aliphatic rings. The van der Waals surface area contributed by atoms with E-state index in [0.29, 0.717) is 37.4 Å². The number of hydrogen-bond donors (Lipinski definition) is 2. The van der Waals surface area contributed by atoms with Gasteiger partial charge in [0.05, 0.1) is 11.4 Å². The summed E-state index contributed by atoms with van der Waals surface area (Å²) in [7, 11) is 0. The van der Waals surface area contributed by atoms with Crippen LogP contribution in [-0.2, 0) is 4.79 Å². The average Bonchev–Trinajstić information content (AvgIpc) is 2.40. The van der Waals surface area contributed by atoms with Crippen molar-refractivity contribution in [1.29, 1.82) is 0 Å². The molecule has 4 nitrogen and oxygen atoms in total. The number of amides is 1. The molecular formula is C11H14FN3O. The second-order valence-electron chi connectivity index (χ2n) is 3.74. The number of nitrogens with two attached hydrogens (primary N) is 1. The van der Waals surface area contributed by atoms with Gasteiger partial charge < -0.3 is 16.0 Å². The van der Waals surface area contributed by atoms with E-state index in [1.807, 2.05) is 4.90 Å². The van der Waals surface area contributed by atoms with E-state index in [9.17, 15) is 9.18 Å². The van der Waals surface area contributed by atoms with Gasteiger partial charge in [-0.15, -0.1) is 0 Å². The Hall–Kier alpha value is -1.62. The Labute approximate surface area is 93.2 Å². The normalized spacial score (nSPS) is 15.4. The van der Waals surface area contributed by atoms with Crippen LogP contribution in [0.1, 0.15) is 6.42 Å². The Bertz CT molecular complexity index is 408. The van der Waals surface area contributed by atoms with E-state index in [0.717, 1.165) is 0 Å². The topological polar surface area (TPSA) is 58.4 Å². The predicted octanol–water partition coefficient (Wildman–Crippen LogP) is 0.933. The first kappa shape index (κ1) is 10.9. The van der Waals surface area contributed by atoms with Crippen molar-refractivity contribution in [2.24, 2.45) is 5.73 Å². The molecule has 5 heteroatoms. The number of hydrogen-bond acceptors (Lipinski definition) is 3. The van der Waals surface area contributed by atoms with Gasteiger partial charge >= 0.3 is 0 Å². The van der Waals surface area contributed by atoms with E-state index < -0.39 is 0 Å². The molecule has 1 amide bonds. The number of rotatable bonds is 2. The SMILES string of the molecule is NCCN1CCC(=O)Nc2ccc(F)cc21. The minimum absolute atomic E-state index is 0.0487. The van der Waals surface area contributed by atoms with Gasteiger partial charge in [-0.25, -0.2) is 4.39 Å². The van der Waals surface area contributed by atoms with Crippen LogP contribution in [0.5, 0.6) is 0 Å². The quantitative estimate of drug-likeness (QED) is 0.784. The number of carbonyl (C=O) groups excluding carboxylic acids is 1. The number of benzene rings is 1. The van der Waals surface area contributed by atoms with Crippen molar-refractivity contribution in [1.82, 2.24) is 0 Å². The van der Waals surface area contributed by atoms with Crippen molar-refractivity contribution in [3.8, 4) is 0 Å². The van der Waals surface area contributed by atoms with E-state index in [1.54, 1.807) is 6.07 Å². The first-order chi connectivity index (χ1) is 7.70. The van der Waals surface area contributed by atoms with Crippen molar-refractivity contribution < 1.29 is 9.18 Å². The van der Waals surface area contributed by atoms with Crippen LogP contribution in [0.15, 0.2) is 18.2 Å². The van der Waals surface area contributed by atoms with Crippen LogP contribution < -0.4 is 16.0 Å². The maximum atomic E-state index is 13.2. The third-order valence-electron chi connectivity index (χ3n) is 2.58. The molecule has 0 aliphatic carbocycles. The number of halogens is 1. The van der Waals surface area contributed by atoms with Gasteiger partial charge in [0.15, 0.2) is 0 Å². The third kappa shape index (κ3) is 2.14. The van der Waals surface area contributed by atoms with Gasteiger partial charge in [-0.1, -0.05) is 0 Å². The summed E-state index contributed by atoms with van der Waals surface area (Å²) < 4.78 is 13.2. The van der Waals surface area contributed by atoms with Gasteiger partial charge in [0.25, 0.3) is 0 Å². The highest BCUT2D eigenvalue weighted by Gasteiger charge is 2.18. The van der Waals surface area contributed by atoms with Crippen LogP contribution in [-0.4, -0.2) is 25.5 Å². The van der Waals surface area contributed by atoms with Crippen molar-refractivity contribution in [2.75, 3.05) is 29.9 Å². The van der Waals surface area contributed by atoms with Crippen LogP contribution in [0.3, 0.4) is 0 Å². The molecule has 0 spiro atoms. The largest absolute Gasteiger partial charge is 0.368 e. The van der Waals surface area contributed by atoms with E-state index in [4.69, 9.17) is 5.73 Å². The fraction of sp³-hybridized carbons (Fsp3) is 0.364. The van der Waals surface area contributed by atoms with Crippen LogP contribution in [0.2, 0.25) is 0 Å². The smallest absolute Gasteiger partial charge is 0.226 e. The molecule has 0 saturated carbocycles. The second kappa shape index (κ2) is 4.49. The zero-order valence-corrected chi connectivity index (χ0v) is 8.87. The predicted molar refractivity (Wildman–Crippen MR) is 60.9 cm³/mol. The Kier molecular flexibility index (Phi) is 3.05. The van der Waals surface area contributed by atoms with Crippen molar-refractivity contribution in [2.45, 2.75) is 6.42 Å². The molecule has 1 aliphatic heterocycles. The lowest BCUT2D eigenvalue weighted by atomic mass is 10.2. The molecule has 0 unspecified atom stereocenters. The van der Waals surface area contributed by atoms with E-state index in [-0.39, 0.29) is 11.7 Å². The summed E-state index contributed by atoms with van der Waals surface area (Å²) in [5.74, 6) is -0.357. The third-order valence-corrected chi connectivity index (χ3v) is 2.58. The Morgan fingerprint density at radius 1 is 1.50 bits per heavy atom. The summed E-state index contributed by atoms with van der Waals surface area (Å²) in [6.45, 7) is 1.66. The fourth-order valence-electron chi connectivity index (χ4n) is 1.83. The Morgan fingerprint density at radius 3 is 3.06 bits per heavy atom. The van der Waals surface area contributed by atoms with Crippen LogP contribution in [0.4, 0.5) is 15.8 Å². The summed E-state index contributed by atoms with van der Waals surface area (Å²) >= 11 is 0. The highest BCUT2D eigenvalue weighted by molar-refractivity contribution is 5.96. The van der Waals surface area contributed by atoms with Crippen molar-refractivity contribution >= 4 is 17.3 Å². The van der Waals surface area contributed by atoms with Gasteiger partial charge in [-0.3, -0.25) is 4.79 Å². The summed E-state index contributed by atoms with van der Waals surface area (Å²) in [6, 6.07) is 4.35. The van der Waals surface area contributed by atoms with Gasteiger partial charge in [-0.05, 0) is 18.2 Å². The Balaban J connectivity index is 2.39. The van der Waals surface area contributed by atoms with Crippen LogP contribution in [0.25, 0.3) is 0 Å². The molecule has 0 radical (unpaired) electrons. The molecule has 0 aromatic heterocycles. The summed E-state index contributed by atoms with van der Waals surface area (Å²) in [5, 5.41) is 2.75. The summed E-state index contributed by atoms with van der Waals surface area (Å²) in [4.78, 5) is 13.3. The number of anilines is 2. The first-order valence-electron chi connectivity index (χ1n) is 5.25. The van der Waals surface area contributed by atoms with Crippen molar-refractivity contribution in [3.05, 3.63) is 24.0 Å². The number of fused-ring (bicyclic) bond motifs is 1. The summed E-state index contributed by atoms with van der Waals surface area (Å²) in [5.41, 5.74) is 6.85. The molecular weight excluding hydrogens is 209 g/mol. The monoisotopic (exact) mass is 223 g/mol. The highest BCUT2D eigenvalue weighted by atomic mass is 19.1. The van der Waals surface area contributed by atoms with Gasteiger partial charge in [0, 0.05) is 26.1 Å². The molecule has 2 rings (SSSR count). The standard InChI is InChI=1S/C11H14FN3O/c12-8-1-2-9-10(7-8)15(6-4-13)5-3-11(16)14-9/h1-2,7H,3-6,13H2,(H,14,16). The lowest BCUT2D eigenvalue weighted by Crippen LogP contribution is -2.30. The van der Waals surface area contributed by atoms with E-state index in [1.165, 1.54) is 12.1 Å². The lowest BCUT2D eigenvalue weighted by Gasteiger charge is -2.23. The number of carbonyl (C=O) groups is 1. The molecule has 0 fully saturated rings.